The van der Waals surface area contributed by atoms with E-state index in [1.54, 1.807) is 24.3 Å². The molecule has 0 atom stereocenters. The summed E-state index contributed by atoms with van der Waals surface area (Å²) in [6.07, 6.45) is 1.78. The Morgan fingerprint density at radius 2 is 1.06 bits per heavy atom. The molecular weight excluding hydrogens is 540 g/mol. The molecule has 0 N–H and O–H groups in total. The third kappa shape index (κ3) is 6.01. The van der Waals surface area contributed by atoms with Crippen LogP contribution in [0.4, 0.5) is 13.2 Å². The van der Waals surface area contributed by atoms with E-state index in [1.165, 1.54) is 0 Å². The fourth-order valence-corrected chi connectivity index (χ4v) is 9.16. The number of halogens is 4. The molecule has 0 heterocycles. The summed E-state index contributed by atoms with van der Waals surface area (Å²) >= 11 is -3.37. The predicted molar refractivity (Wildman–Crippen MR) is 127 cm³/mol. The topological polar surface area (TPSA) is 43.4 Å². The van der Waals surface area contributed by atoms with Crippen LogP contribution in [0.15, 0.2) is 48.5 Å². The third-order valence-corrected chi connectivity index (χ3v) is 12.9. The normalized spacial score (nSPS) is 13.9. The Kier molecular flexibility index (Phi) is 7.91. The molecule has 0 aliphatic carbocycles. The van der Waals surface area contributed by atoms with Crippen molar-refractivity contribution in [2.24, 2.45) is 0 Å². The summed E-state index contributed by atoms with van der Waals surface area (Å²) in [5.41, 5.74) is -3.58. The van der Waals surface area contributed by atoms with Crippen molar-refractivity contribution in [3.63, 3.8) is 0 Å². The molecule has 0 amide bonds. The van der Waals surface area contributed by atoms with Gasteiger partial charge < -0.3 is 0 Å². The van der Waals surface area contributed by atoms with Crippen LogP contribution < -0.4 is 0 Å². The van der Waals surface area contributed by atoms with Gasteiger partial charge in [0.2, 0.25) is 0 Å². The van der Waals surface area contributed by atoms with E-state index in [-0.39, 0.29) is 10.8 Å². The monoisotopic (exact) mass is 570 g/mol. The van der Waals surface area contributed by atoms with E-state index >= 15 is 0 Å². The summed E-state index contributed by atoms with van der Waals surface area (Å²) in [6, 6.07) is 14.2. The van der Waals surface area contributed by atoms with Crippen molar-refractivity contribution in [3.05, 3.63) is 66.8 Å². The van der Waals surface area contributed by atoms with Gasteiger partial charge in [-0.25, -0.2) is 0 Å². The molecule has 0 saturated carbocycles. The Morgan fingerprint density at radius 1 is 0.742 bits per heavy atom. The molecule has 2 aromatic carbocycles. The first kappa shape index (κ1) is 26.1. The SMILES string of the molecule is CCC(C)(C)c1ccc(I(OS(=O)(=O)C(F)(F)F)c2ccc(C(C)(C)CC)cc2)cc1. The van der Waals surface area contributed by atoms with Crippen molar-refractivity contribution in [2.75, 3.05) is 0 Å². The molecule has 174 valence electrons. The summed E-state index contributed by atoms with van der Waals surface area (Å²) in [5, 5.41) is 0. The van der Waals surface area contributed by atoms with Crippen molar-refractivity contribution in [1.29, 1.82) is 0 Å². The van der Waals surface area contributed by atoms with Gasteiger partial charge in [-0.3, -0.25) is 0 Å². The molecule has 0 fully saturated rings. The van der Waals surface area contributed by atoms with Crippen LogP contribution in [0.25, 0.3) is 0 Å². The molecule has 0 aliphatic heterocycles. The molecule has 2 aromatic rings. The molecule has 0 aromatic heterocycles. The summed E-state index contributed by atoms with van der Waals surface area (Å²) in [7, 11) is -5.71. The van der Waals surface area contributed by atoms with Crippen molar-refractivity contribution in [2.45, 2.75) is 70.7 Å². The molecule has 0 bridgehead atoms. The van der Waals surface area contributed by atoms with Crippen molar-refractivity contribution >= 4 is 30.4 Å². The summed E-state index contributed by atoms with van der Waals surface area (Å²) in [6.45, 7) is 12.4. The van der Waals surface area contributed by atoms with Crippen LogP contribution in [0.2, 0.25) is 0 Å². The minimum atomic E-state index is -5.71. The Bertz CT molecular complexity index is 921. The Morgan fingerprint density at radius 3 is 1.32 bits per heavy atom. The van der Waals surface area contributed by atoms with Crippen molar-refractivity contribution < 1.29 is 24.1 Å². The molecule has 0 spiro atoms. The van der Waals surface area contributed by atoms with Gasteiger partial charge in [-0.05, 0) is 0 Å². The van der Waals surface area contributed by atoms with E-state index in [2.05, 4.69) is 41.5 Å². The second-order valence-corrected chi connectivity index (χ2v) is 15.2. The zero-order valence-electron chi connectivity index (χ0n) is 18.7. The fraction of sp³-hybridized carbons (Fsp3) is 0.478. The van der Waals surface area contributed by atoms with Crippen LogP contribution in [-0.4, -0.2) is 13.9 Å². The van der Waals surface area contributed by atoms with E-state index < -0.39 is 35.9 Å². The van der Waals surface area contributed by atoms with Crippen molar-refractivity contribution in [3.8, 4) is 0 Å². The van der Waals surface area contributed by atoms with Gasteiger partial charge in [-0.1, -0.05) is 0 Å². The molecule has 2 rings (SSSR count). The fourth-order valence-electron chi connectivity index (χ4n) is 2.76. The first-order valence-electron chi connectivity index (χ1n) is 10.1. The second kappa shape index (κ2) is 9.39. The molecular formula is C23H30F3IO3S. The van der Waals surface area contributed by atoms with Gasteiger partial charge in [-0.15, -0.1) is 0 Å². The molecule has 8 heteroatoms. The van der Waals surface area contributed by atoms with E-state index in [0.29, 0.717) is 7.14 Å². The van der Waals surface area contributed by atoms with E-state index in [9.17, 15) is 21.6 Å². The van der Waals surface area contributed by atoms with Gasteiger partial charge in [0, 0.05) is 0 Å². The first-order chi connectivity index (χ1) is 14.1. The van der Waals surface area contributed by atoms with Crippen LogP contribution >= 0.6 is 20.2 Å². The minimum absolute atomic E-state index is 0.0934. The predicted octanol–water partition coefficient (Wildman–Crippen LogP) is 7.39. The molecule has 31 heavy (non-hydrogen) atoms. The zero-order valence-corrected chi connectivity index (χ0v) is 21.7. The Balaban J connectivity index is 2.52. The first-order valence-corrected chi connectivity index (χ1v) is 14.5. The van der Waals surface area contributed by atoms with Gasteiger partial charge in [-0.2, -0.15) is 0 Å². The van der Waals surface area contributed by atoms with Crippen molar-refractivity contribution in [1.82, 2.24) is 0 Å². The van der Waals surface area contributed by atoms with Gasteiger partial charge in [0.15, 0.2) is 0 Å². The van der Waals surface area contributed by atoms with Crippen LogP contribution in [0.3, 0.4) is 0 Å². The Labute approximate surface area is 191 Å². The van der Waals surface area contributed by atoms with Crippen LogP contribution in [0, 0.1) is 7.14 Å². The number of benzene rings is 2. The molecule has 0 radical (unpaired) electrons. The number of alkyl halides is 3. The number of hydrogen-bond acceptors (Lipinski definition) is 3. The average Bonchev–Trinajstić information content (AvgIpc) is 2.71. The number of rotatable bonds is 8. The summed E-state index contributed by atoms with van der Waals surface area (Å²) in [4.78, 5) is 0. The molecule has 0 saturated heterocycles. The van der Waals surface area contributed by atoms with E-state index in [0.717, 1.165) is 24.0 Å². The molecule has 3 nitrogen and oxygen atoms in total. The quantitative estimate of drug-likeness (QED) is 0.246. The Hall–Kier alpha value is -1.13. The van der Waals surface area contributed by atoms with Crippen LogP contribution in [0.1, 0.15) is 65.5 Å². The van der Waals surface area contributed by atoms with Crippen LogP contribution in [0.5, 0.6) is 0 Å². The van der Waals surface area contributed by atoms with Crippen LogP contribution in [-0.2, 0) is 23.5 Å². The summed E-state index contributed by atoms with van der Waals surface area (Å²) < 4.78 is 68.8. The zero-order chi connectivity index (χ0) is 23.7. The summed E-state index contributed by atoms with van der Waals surface area (Å²) in [5.74, 6) is 0. The van der Waals surface area contributed by atoms with Gasteiger partial charge in [0.1, 0.15) is 0 Å². The van der Waals surface area contributed by atoms with E-state index in [1.807, 2.05) is 24.3 Å². The standard InChI is InChI=1S/C23H30F3IO3S/c1-7-21(3,4)17-9-13-19(14-10-17)27(30-31(28,29)23(24,25)26)20-15-11-18(12-16-20)22(5,6)8-2/h9-16H,7-8H2,1-6H3. The average molecular weight is 570 g/mol. The number of hydrogen-bond donors (Lipinski definition) is 0. The maximum absolute atomic E-state index is 13.1. The third-order valence-electron chi connectivity index (χ3n) is 5.84. The molecule has 0 unspecified atom stereocenters. The molecule has 0 aliphatic rings. The van der Waals surface area contributed by atoms with Gasteiger partial charge >= 0.3 is 192 Å². The second-order valence-electron chi connectivity index (χ2n) is 8.70. The van der Waals surface area contributed by atoms with E-state index in [4.69, 9.17) is 2.51 Å². The maximum atomic E-state index is 13.1. The van der Waals surface area contributed by atoms with Gasteiger partial charge in [0.05, 0.1) is 0 Å². The van der Waals surface area contributed by atoms with Gasteiger partial charge in [0.25, 0.3) is 0 Å².